The average Bonchev–Trinajstić information content (AvgIpc) is 2.11. The van der Waals surface area contributed by atoms with Crippen LogP contribution in [0.3, 0.4) is 0 Å². The molecule has 0 aliphatic carbocycles. The Kier molecular flexibility index (Phi) is 5.56. The summed E-state index contributed by atoms with van der Waals surface area (Å²) in [4.78, 5) is 11.3. The van der Waals surface area contributed by atoms with Gasteiger partial charge in [0.1, 0.15) is 0 Å². The van der Waals surface area contributed by atoms with Crippen molar-refractivity contribution in [2.45, 2.75) is 25.7 Å². The van der Waals surface area contributed by atoms with Crippen LogP contribution in [0, 0.1) is 5.92 Å². The molecule has 1 rings (SSSR count). The minimum atomic E-state index is 0.127. The van der Waals surface area contributed by atoms with E-state index in [0.29, 0.717) is 12.3 Å². The van der Waals surface area contributed by atoms with Crippen LogP contribution < -0.4 is 5.32 Å². The van der Waals surface area contributed by atoms with Crippen LogP contribution in [0.5, 0.6) is 0 Å². The second kappa shape index (κ2) is 6.79. The Hall–Kier alpha value is -0.610. The van der Waals surface area contributed by atoms with Gasteiger partial charge < -0.3 is 15.2 Å². The van der Waals surface area contributed by atoms with Crippen LogP contribution in [0.2, 0.25) is 0 Å². The molecule has 0 radical (unpaired) electrons. The summed E-state index contributed by atoms with van der Waals surface area (Å²) in [7, 11) is 0. The number of aliphatic hydroxyl groups is 1. The number of rotatable bonds is 7. The van der Waals surface area contributed by atoms with Crippen molar-refractivity contribution in [2.24, 2.45) is 5.92 Å². The van der Waals surface area contributed by atoms with Crippen LogP contribution in [0.1, 0.15) is 25.7 Å². The Morgan fingerprint density at radius 3 is 2.71 bits per heavy atom. The first-order valence-electron chi connectivity index (χ1n) is 5.28. The van der Waals surface area contributed by atoms with E-state index in [4.69, 9.17) is 9.84 Å². The van der Waals surface area contributed by atoms with Gasteiger partial charge in [-0.1, -0.05) is 0 Å². The standard InChI is InChI=1S/C10H19NO3/c12-5-3-1-2-4-11-10(13)6-9-7-14-8-9/h9,12H,1-8H2,(H,11,13). The van der Waals surface area contributed by atoms with Gasteiger partial charge >= 0.3 is 0 Å². The molecule has 0 spiro atoms. The van der Waals surface area contributed by atoms with Crippen LogP contribution in [-0.4, -0.2) is 37.4 Å². The molecule has 0 atom stereocenters. The largest absolute Gasteiger partial charge is 0.396 e. The second-order valence-electron chi connectivity index (χ2n) is 3.74. The highest BCUT2D eigenvalue weighted by Gasteiger charge is 2.21. The van der Waals surface area contributed by atoms with Crippen molar-refractivity contribution < 1.29 is 14.6 Å². The van der Waals surface area contributed by atoms with Gasteiger partial charge in [-0.25, -0.2) is 0 Å². The topological polar surface area (TPSA) is 58.6 Å². The molecule has 4 heteroatoms. The Morgan fingerprint density at radius 1 is 1.36 bits per heavy atom. The number of carbonyl (C=O) groups is 1. The van der Waals surface area contributed by atoms with Gasteiger partial charge in [0.25, 0.3) is 0 Å². The second-order valence-corrected chi connectivity index (χ2v) is 3.74. The third kappa shape index (κ3) is 4.58. The third-order valence-electron chi connectivity index (χ3n) is 2.34. The Balaban J connectivity index is 1.87. The van der Waals surface area contributed by atoms with E-state index < -0.39 is 0 Å². The van der Waals surface area contributed by atoms with Gasteiger partial charge in [-0.2, -0.15) is 0 Å². The van der Waals surface area contributed by atoms with E-state index >= 15 is 0 Å². The molecule has 0 saturated carbocycles. The molecule has 1 fully saturated rings. The SMILES string of the molecule is O=C(CC1COC1)NCCCCCO. The molecule has 1 aliphatic rings. The van der Waals surface area contributed by atoms with Crippen molar-refractivity contribution in [2.75, 3.05) is 26.4 Å². The fourth-order valence-corrected chi connectivity index (χ4v) is 1.38. The Bertz CT molecular complexity index is 169. The number of amides is 1. The van der Waals surface area contributed by atoms with Crippen molar-refractivity contribution in [3.63, 3.8) is 0 Å². The highest BCUT2D eigenvalue weighted by Crippen LogP contribution is 2.13. The minimum Gasteiger partial charge on any atom is -0.396 e. The van der Waals surface area contributed by atoms with Crippen molar-refractivity contribution in [3.05, 3.63) is 0 Å². The molecule has 1 saturated heterocycles. The lowest BCUT2D eigenvalue weighted by molar-refractivity contribution is -0.126. The lowest BCUT2D eigenvalue weighted by Crippen LogP contribution is -2.34. The minimum absolute atomic E-state index is 0.127. The zero-order valence-corrected chi connectivity index (χ0v) is 8.50. The zero-order chi connectivity index (χ0) is 10.2. The first-order chi connectivity index (χ1) is 6.83. The number of carbonyl (C=O) groups excluding carboxylic acids is 1. The third-order valence-corrected chi connectivity index (χ3v) is 2.34. The molecule has 4 nitrogen and oxygen atoms in total. The summed E-state index contributed by atoms with van der Waals surface area (Å²) in [5, 5.41) is 11.4. The van der Waals surface area contributed by atoms with Gasteiger partial charge in [0.05, 0.1) is 13.2 Å². The smallest absolute Gasteiger partial charge is 0.220 e. The molecule has 14 heavy (non-hydrogen) atoms. The number of unbranched alkanes of at least 4 members (excludes halogenated alkanes) is 2. The molecule has 2 N–H and O–H groups in total. The van der Waals surface area contributed by atoms with Crippen LogP contribution in [0.4, 0.5) is 0 Å². The maximum absolute atomic E-state index is 11.3. The van der Waals surface area contributed by atoms with Gasteiger partial charge in [0, 0.05) is 25.5 Å². The summed E-state index contributed by atoms with van der Waals surface area (Å²) < 4.78 is 4.99. The molecular formula is C10H19NO3. The summed E-state index contributed by atoms with van der Waals surface area (Å²) in [6, 6.07) is 0. The van der Waals surface area contributed by atoms with Gasteiger partial charge in [-0.05, 0) is 19.3 Å². The molecule has 1 amide bonds. The fraction of sp³-hybridized carbons (Fsp3) is 0.900. The Labute approximate surface area is 84.6 Å². The number of hydrogen-bond donors (Lipinski definition) is 2. The average molecular weight is 201 g/mol. The summed E-state index contributed by atoms with van der Waals surface area (Å²) >= 11 is 0. The normalized spacial score (nSPS) is 16.4. The van der Waals surface area contributed by atoms with Crippen LogP contribution in [0.15, 0.2) is 0 Å². The molecule has 1 aliphatic heterocycles. The molecule has 0 aromatic heterocycles. The van der Waals surface area contributed by atoms with E-state index in [9.17, 15) is 4.79 Å². The van der Waals surface area contributed by atoms with E-state index in [-0.39, 0.29) is 12.5 Å². The lowest BCUT2D eigenvalue weighted by atomic mass is 10.0. The summed E-state index contributed by atoms with van der Waals surface area (Å²) in [5.41, 5.74) is 0. The number of hydrogen-bond acceptors (Lipinski definition) is 3. The van der Waals surface area contributed by atoms with Crippen LogP contribution >= 0.6 is 0 Å². The molecular weight excluding hydrogens is 182 g/mol. The molecule has 0 bridgehead atoms. The van der Waals surface area contributed by atoms with E-state index in [1.807, 2.05) is 0 Å². The van der Waals surface area contributed by atoms with Crippen molar-refractivity contribution in [1.82, 2.24) is 5.32 Å². The number of aliphatic hydroxyl groups excluding tert-OH is 1. The molecule has 0 aromatic rings. The number of nitrogens with one attached hydrogen (secondary N) is 1. The molecule has 0 aromatic carbocycles. The monoisotopic (exact) mass is 201 g/mol. The first kappa shape index (κ1) is 11.5. The summed E-state index contributed by atoms with van der Waals surface area (Å²) in [5.74, 6) is 0.565. The lowest BCUT2D eigenvalue weighted by Gasteiger charge is -2.25. The quantitative estimate of drug-likeness (QED) is 0.582. The van der Waals surface area contributed by atoms with Crippen molar-refractivity contribution >= 4 is 5.91 Å². The van der Waals surface area contributed by atoms with Crippen LogP contribution in [0.25, 0.3) is 0 Å². The zero-order valence-electron chi connectivity index (χ0n) is 8.50. The predicted molar refractivity (Wildman–Crippen MR) is 52.9 cm³/mol. The molecule has 0 unspecified atom stereocenters. The van der Waals surface area contributed by atoms with Crippen LogP contribution in [-0.2, 0) is 9.53 Å². The first-order valence-corrected chi connectivity index (χ1v) is 5.28. The maximum atomic E-state index is 11.3. The summed E-state index contributed by atoms with van der Waals surface area (Å²) in [6.45, 7) is 2.44. The van der Waals surface area contributed by atoms with E-state index in [2.05, 4.69) is 5.32 Å². The highest BCUT2D eigenvalue weighted by molar-refractivity contribution is 5.76. The van der Waals surface area contributed by atoms with Crippen molar-refractivity contribution in [3.8, 4) is 0 Å². The van der Waals surface area contributed by atoms with E-state index in [1.165, 1.54) is 0 Å². The fourth-order valence-electron chi connectivity index (χ4n) is 1.38. The predicted octanol–water partition coefficient (Wildman–Crippen LogP) is 0.302. The van der Waals surface area contributed by atoms with Gasteiger partial charge in [-0.3, -0.25) is 4.79 Å². The van der Waals surface area contributed by atoms with Gasteiger partial charge in [-0.15, -0.1) is 0 Å². The highest BCUT2D eigenvalue weighted by atomic mass is 16.5. The van der Waals surface area contributed by atoms with Crippen molar-refractivity contribution in [1.29, 1.82) is 0 Å². The van der Waals surface area contributed by atoms with Gasteiger partial charge in [0.15, 0.2) is 0 Å². The number of ether oxygens (including phenoxy) is 1. The maximum Gasteiger partial charge on any atom is 0.220 e. The molecule has 82 valence electrons. The summed E-state index contributed by atoms with van der Waals surface area (Å²) in [6.07, 6.45) is 3.35. The van der Waals surface area contributed by atoms with E-state index in [1.54, 1.807) is 0 Å². The van der Waals surface area contributed by atoms with E-state index in [0.717, 1.165) is 39.0 Å². The Morgan fingerprint density at radius 2 is 2.14 bits per heavy atom. The van der Waals surface area contributed by atoms with Gasteiger partial charge in [0.2, 0.25) is 5.91 Å². The molecule has 1 heterocycles.